The van der Waals surface area contributed by atoms with Crippen molar-refractivity contribution in [2.45, 2.75) is 124 Å². The summed E-state index contributed by atoms with van der Waals surface area (Å²) in [6, 6.07) is 0. The van der Waals surface area contributed by atoms with Gasteiger partial charge in [0.2, 0.25) is 5.91 Å². The third-order valence-electron chi connectivity index (χ3n) is 8.38. The zero-order valence-corrected chi connectivity index (χ0v) is 22.8. The minimum Gasteiger partial charge on any atom is -0.394 e. The molecule has 4 fully saturated rings. The van der Waals surface area contributed by atoms with Crippen molar-refractivity contribution in [3.05, 3.63) is 0 Å². The molecule has 3 aliphatic heterocycles. The van der Waals surface area contributed by atoms with Crippen LogP contribution in [0.15, 0.2) is 0 Å². The Hall–Kier alpha value is -1.13. The third kappa shape index (κ3) is 7.06. The van der Waals surface area contributed by atoms with Gasteiger partial charge in [-0.3, -0.25) is 4.79 Å². The highest BCUT2D eigenvalue weighted by molar-refractivity contribution is 5.78. The Kier molecular flexibility index (Phi) is 11.9. The van der Waals surface area contributed by atoms with E-state index in [1.165, 1.54) is 0 Å². The first-order valence-corrected chi connectivity index (χ1v) is 14.2. The van der Waals surface area contributed by atoms with Crippen molar-refractivity contribution >= 4 is 5.91 Å². The molecule has 1 saturated carbocycles. The van der Waals surface area contributed by atoms with Crippen LogP contribution in [0.3, 0.4) is 0 Å². The molecule has 3 heterocycles. The van der Waals surface area contributed by atoms with Gasteiger partial charge in [0.05, 0.1) is 19.8 Å². The summed E-state index contributed by atoms with van der Waals surface area (Å²) in [5.74, 6) is -0.637. The maximum Gasteiger partial charge on any atom is 0.225 e. The number of carbonyl (C=O) groups excluding carboxylic acids is 1. The third-order valence-corrected chi connectivity index (χ3v) is 8.38. The fraction of sp³-hybridized carbons (Fsp3) is 0.960. The van der Waals surface area contributed by atoms with Crippen molar-refractivity contribution < 1.29 is 79.5 Å². The van der Waals surface area contributed by atoms with Gasteiger partial charge in [0.1, 0.15) is 73.2 Å². The van der Waals surface area contributed by atoms with E-state index in [0.717, 1.165) is 19.3 Å². The highest BCUT2D eigenvalue weighted by atomic mass is 16.7. The smallest absolute Gasteiger partial charge is 0.225 e. The van der Waals surface area contributed by atoms with Crippen molar-refractivity contribution in [2.75, 3.05) is 19.8 Å². The Bertz CT molecular complexity index is 860. The van der Waals surface area contributed by atoms with E-state index in [4.69, 9.17) is 23.7 Å². The fourth-order valence-electron chi connectivity index (χ4n) is 5.81. The van der Waals surface area contributed by atoms with Crippen LogP contribution in [-0.4, -0.2) is 169 Å². The van der Waals surface area contributed by atoms with Crippen LogP contribution in [-0.2, 0) is 28.5 Å². The lowest BCUT2D eigenvalue weighted by Crippen LogP contribution is -2.68. The first-order valence-electron chi connectivity index (χ1n) is 14.2. The molecular weight excluding hydrogens is 570 g/mol. The van der Waals surface area contributed by atoms with Gasteiger partial charge in [0.15, 0.2) is 18.8 Å². The fourth-order valence-corrected chi connectivity index (χ4v) is 5.81. The molecule has 42 heavy (non-hydrogen) atoms. The van der Waals surface area contributed by atoms with Gasteiger partial charge in [-0.2, -0.15) is 0 Å². The average molecular weight is 614 g/mol. The normalized spacial score (nSPS) is 47.2. The van der Waals surface area contributed by atoms with Crippen molar-refractivity contribution in [1.82, 2.24) is 5.32 Å². The first kappa shape index (κ1) is 33.8. The van der Waals surface area contributed by atoms with Gasteiger partial charge in [0, 0.05) is 5.92 Å². The minimum absolute atomic E-state index is 0.276. The zero-order valence-electron chi connectivity index (χ0n) is 22.8. The maximum atomic E-state index is 12.7. The Morgan fingerprint density at radius 1 is 0.595 bits per heavy atom. The lowest BCUT2D eigenvalue weighted by Gasteiger charge is -2.48. The molecule has 17 heteroatoms. The van der Waals surface area contributed by atoms with E-state index >= 15 is 0 Å². The van der Waals surface area contributed by atoms with E-state index in [-0.39, 0.29) is 11.8 Å². The van der Waals surface area contributed by atoms with Gasteiger partial charge in [-0.15, -0.1) is 0 Å². The molecule has 0 unspecified atom stereocenters. The average Bonchev–Trinajstić information content (AvgIpc) is 3.00. The van der Waals surface area contributed by atoms with Gasteiger partial charge < -0.3 is 80.1 Å². The molecule has 0 spiro atoms. The Balaban J connectivity index is 1.45. The van der Waals surface area contributed by atoms with Crippen LogP contribution >= 0.6 is 0 Å². The molecule has 244 valence electrons. The van der Waals surface area contributed by atoms with Gasteiger partial charge in [-0.1, -0.05) is 19.3 Å². The quantitative estimate of drug-likeness (QED) is 0.115. The number of ether oxygens (including phenoxy) is 5. The monoisotopic (exact) mass is 613 g/mol. The van der Waals surface area contributed by atoms with Crippen LogP contribution < -0.4 is 5.32 Å². The standard InChI is InChI=1S/C25H43NO16/c27-6-10-13(30)15(32)18(35)24(39-10)42-21-14(31)11(7-28)40-25(19(21)36)41-20-12(8-29)38-23(17(34)16(20)33)26-22(37)9-4-2-1-3-5-9/h9-21,23-25,27-36H,1-8H2,(H,26,37)/t10-,11-,12-,13+,14+,15+,16-,17-,18-,19-,20-,21+,23-,24-,25-/m1/s1. The van der Waals surface area contributed by atoms with E-state index in [1.54, 1.807) is 0 Å². The first-order chi connectivity index (χ1) is 20.0. The molecule has 0 aromatic rings. The Morgan fingerprint density at radius 3 is 1.74 bits per heavy atom. The van der Waals surface area contributed by atoms with Crippen molar-refractivity contribution in [3.8, 4) is 0 Å². The largest absolute Gasteiger partial charge is 0.394 e. The number of hydrogen-bond acceptors (Lipinski definition) is 16. The van der Waals surface area contributed by atoms with Crippen molar-refractivity contribution in [1.29, 1.82) is 0 Å². The molecule has 17 nitrogen and oxygen atoms in total. The van der Waals surface area contributed by atoms with Crippen LogP contribution in [0.25, 0.3) is 0 Å². The van der Waals surface area contributed by atoms with E-state index in [0.29, 0.717) is 12.8 Å². The molecular formula is C25H43NO16. The highest BCUT2D eigenvalue weighted by Gasteiger charge is 2.53. The molecule has 1 aliphatic carbocycles. The summed E-state index contributed by atoms with van der Waals surface area (Å²) in [5.41, 5.74) is 0. The molecule has 0 radical (unpaired) electrons. The summed E-state index contributed by atoms with van der Waals surface area (Å²) in [5, 5.41) is 105. The topological polar surface area (TPSA) is 278 Å². The minimum atomic E-state index is -1.91. The van der Waals surface area contributed by atoms with E-state index in [9.17, 15) is 55.9 Å². The number of carbonyl (C=O) groups is 1. The summed E-state index contributed by atoms with van der Waals surface area (Å²) in [6.07, 6.45) is -20.7. The maximum absolute atomic E-state index is 12.7. The molecule has 0 bridgehead atoms. The molecule has 1 amide bonds. The second-order valence-electron chi connectivity index (χ2n) is 11.2. The molecule has 11 N–H and O–H groups in total. The summed E-state index contributed by atoms with van der Waals surface area (Å²) >= 11 is 0. The van der Waals surface area contributed by atoms with Crippen LogP contribution in [0.1, 0.15) is 32.1 Å². The molecule has 3 saturated heterocycles. The summed E-state index contributed by atoms with van der Waals surface area (Å²) < 4.78 is 27.6. The van der Waals surface area contributed by atoms with Gasteiger partial charge in [-0.05, 0) is 12.8 Å². The lowest BCUT2D eigenvalue weighted by atomic mass is 9.88. The number of nitrogens with one attached hydrogen (secondary N) is 1. The molecule has 4 aliphatic rings. The Morgan fingerprint density at radius 2 is 1.14 bits per heavy atom. The van der Waals surface area contributed by atoms with Crippen molar-refractivity contribution in [2.24, 2.45) is 5.92 Å². The number of aliphatic hydroxyl groups excluding tert-OH is 10. The van der Waals surface area contributed by atoms with Crippen LogP contribution in [0.5, 0.6) is 0 Å². The van der Waals surface area contributed by atoms with E-state index in [1.807, 2.05) is 0 Å². The molecule has 0 aromatic carbocycles. The molecule has 0 aromatic heterocycles. The summed E-state index contributed by atoms with van der Waals surface area (Å²) in [4.78, 5) is 12.7. The van der Waals surface area contributed by atoms with Crippen LogP contribution in [0.4, 0.5) is 0 Å². The predicted molar refractivity (Wildman–Crippen MR) is 134 cm³/mol. The number of aliphatic hydroxyl groups is 10. The SMILES string of the molecule is O=C(N[C@@H]1O[C@H](CO)[C@@H](O[C@H]2O[C@H](CO)[C@H](O)[C@H](O[C@H]3O[C@H](CO)[C@H](O)[C@H](O)[C@H]3O)[C@H]2O)[C@H](O)[C@H]1O)C1CCCCC1. The second-order valence-corrected chi connectivity index (χ2v) is 11.2. The molecule has 15 atom stereocenters. The van der Waals surface area contributed by atoms with Gasteiger partial charge >= 0.3 is 0 Å². The van der Waals surface area contributed by atoms with E-state index < -0.39 is 112 Å². The zero-order chi connectivity index (χ0) is 30.7. The number of hydrogen-bond donors (Lipinski definition) is 11. The summed E-state index contributed by atoms with van der Waals surface area (Å²) in [6.45, 7) is -2.32. The lowest BCUT2D eigenvalue weighted by molar-refractivity contribution is -0.374. The molecule has 4 rings (SSSR count). The second kappa shape index (κ2) is 14.8. The van der Waals surface area contributed by atoms with Crippen LogP contribution in [0.2, 0.25) is 0 Å². The summed E-state index contributed by atoms with van der Waals surface area (Å²) in [7, 11) is 0. The van der Waals surface area contributed by atoms with Crippen molar-refractivity contribution in [3.63, 3.8) is 0 Å². The number of amides is 1. The van der Waals surface area contributed by atoms with Gasteiger partial charge in [0.25, 0.3) is 0 Å². The van der Waals surface area contributed by atoms with E-state index in [2.05, 4.69) is 5.32 Å². The Labute approximate surface area is 241 Å². The predicted octanol–water partition coefficient (Wildman–Crippen LogP) is -5.87. The van der Waals surface area contributed by atoms with Gasteiger partial charge in [-0.25, -0.2) is 0 Å². The highest BCUT2D eigenvalue weighted by Crippen LogP contribution is 2.32. The number of rotatable bonds is 9. The van der Waals surface area contributed by atoms with Crippen LogP contribution in [0, 0.1) is 5.92 Å².